The third-order valence-electron chi connectivity index (χ3n) is 4.42. The van der Waals surface area contributed by atoms with Crippen molar-refractivity contribution in [3.05, 3.63) is 71.3 Å². The van der Waals surface area contributed by atoms with Crippen molar-refractivity contribution in [3.63, 3.8) is 0 Å². The van der Waals surface area contributed by atoms with E-state index in [0.29, 0.717) is 24.0 Å². The van der Waals surface area contributed by atoms with Crippen LogP contribution in [0.5, 0.6) is 5.75 Å². The fourth-order valence-electron chi connectivity index (χ4n) is 3.11. The van der Waals surface area contributed by atoms with E-state index in [2.05, 4.69) is 27.0 Å². The molecule has 0 atom stereocenters. The van der Waals surface area contributed by atoms with Gasteiger partial charge in [-0.15, -0.1) is 0 Å². The summed E-state index contributed by atoms with van der Waals surface area (Å²) in [6.45, 7) is 11.7. The van der Waals surface area contributed by atoms with E-state index in [4.69, 9.17) is 4.74 Å². The standard InChI is InChI=1S/C22H25N5O2/c1-6-10-29-19-9-7-8-18(12-19)25-21(28)13-20-16(4)26-27(17(20)5)22-23-14(2)11-15(3)24-22/h6-9,11-12H,1,10,13H2,2-5H3,(H,25,28). The van der Waals surface area contributed by atoms with Crippen molar-refractivity contribution in [1.29, 1.82) is 0 Å². The van der Waals surface area contributed by atoms with Gasteiger partial charge in [0.2, 0.25) is 5.91 Å². The summed E-state index contributed by atoms with van der Waals surface area (Å²) >= 11 is 0. The first-order valence-electron chi connectivity index (χ1n) is 9.38. The van der Waals surface area contributed by atoms with Gasteiger partial charge in [0, 0.05) is 34.4 Å². The largest absolute Gasteiger partial charge is 0.489 e. The summed E-state index contributed by atoms with van der Waals surface area (Å²) in [6.07, 6.45) is 1.88. The summed E-state index contributed by atoms with van der Waals surface area (Å²) in [5, 5.41) is 7.47. The van der Waals surface area contributed by atoms with Gasteiger partial charge in [-0.05, 0) is 45.9 Å². The minimum atomic E-state index is -0.127. The Balaban J connectivity index is 1.77. The van der Waals surface area contributed by atoms with Gasteiger partial charge in [-0.3, -0.25) is 4.79 Å². The van der Waals surface area contributed by atoms with E-state index in [1.807, 2.05) is 52.0 Å². The van der Waals surface area contributed by atoms with Crippen LogP contribution in [-0.2, 0) is 11.2 Å². The van der Waals surface area contributed by atoms with E-state index in [1.165, 1.54) is 0 Å². The number of amides is 1. The van der Waals surface area contributed by atoms with Gasteiger partial charge < -0.3 is 10.1 Å². The van der Waals surface area contributed by atoms with Crippen molar-refractivity contribution in [2.24, 2.45) is 0 Å². The molecule has 3 aromatic rings. The van der Waals surface area contributed by atoms with Gasteiger partial charge in [0.1, 0.15) is 12.4 Å². The number of carbonyl (C=O) groups is 1. The van der Waals surface area contributed by atoms with Gasteiger partial charge in [0.05, 0.1) is 12.1 Å². The second-order valence-electron chi connectivity index (χ2n) is 6.86. The number of rotatable bonds is 7. The average Bonchev–Trinajstić information content (AvgIpc) is 2.94. The number of hydrogen-bond donors (Lipinski definition) is 1. The third-order valence-corrected chi connectivity index (χ3v) is 4.42. The maximum Gasteiger partial charge on any atom is 0.251 e. The van der Waals surface area contributed by atoms with Crippen LogP contribution in [0.4, 0.5) is 5.69 Å². The molecular formula is C22H25N5O2. The summed E-state index contributed by atoms with van der Waals surface area (Å²) in [4.78, 5) is 21.6. The molecule has 0 aliphatic rings. The molecule has 0 unspecified atom stereocenters. The van der Waals surface area contributed by atoms with Crippen LogP contribution < -0.4 is 10.1 Å². The van der Waals surface area contributed by atoms with Crippen molar-refractivity contribution in [3.8, 4) is 11.7 Å². The van der Waals surface area contributed by atoms with Gasteiger partial charge in [-0.25, -0.2) is 14.6 Å². The molecule has 2 heterocycles. The highest BCUT2D eigenvalue weighted by atomic mass is 16.5. The van der Waals surface area contributed by atoms with Crippen LogP contribution in [0.3, 0.4) is 0 Å². The zero-order valence-electron chi connectivity index (χ0n) is 17.2. The van der Waals surface area contributed by atoms with Crippen molar-refractivity contribution < 1.29 is 9.53 Å². The number of aryl methyl sites for hydroxylation is 3. The number of nitrogens with one attached hydrogen (secondary N) is 1. The van der Waals surface area contributed by atoms with E-state index < -0.39 is 0 Å². The van der Waals surface area contributed by atoms with E-state index in [-0.39, 0.29) is 12.3 Å². The number of hydrogen-bond acceptors (Lipinski definition) is 5. The molecule has 1 amide bonds. The number of aromatic nitrogens is 4. The van der Waals surface area contributed by atoms with E-state index in [9.17, 15) is 4.79 Å². The van der Waals surface area contributed by atoms with Crippen LogP contribution in [0.25, 0.3) is 5.95 Å². The Morgan fingerprint density at radius 2 is 1.90 bits per heavy atom. The van der Waals surface area contributed by atoms with Gasteiger partial charge in [-0.2, -0.15) is 5.10 Å². The average molecular weight is 391 g/mol. The SMILES string of the molecule is C=CCOc1cccc(NC(=O)Cc2c(C)nn(-c3nc(C)cc(C)n3)c2C)c1. The van der Waals surface area contributed by atoms with Crippen molar-refractivity contribution in [2.45, 2.75) is 34.1 Å². The molecule has 1 N–H and O–H groups in total. The highest BCUT2D eigenvalue weighted by molar-refractivity contribution is 5.92. The third kappa shape index (κ3) is 4.87. The highest BCUT2D eigenvalue weighted by Gasteiger charge is 2.18. The molecule has 29 heavy (non-hydrogen) atoms. The van der Waals surface area contributed by atoms with Crippen LogP contribution >= 0.6 is 0 Å². The fourth-order valence-corrected chi connectivity index (χ4v) is 3.11. The van der Waals surface area contributed by atoms with Gasteiger partial charge >= 0.3 is 0 Å². The minimum Gasteiger partial charge on any atom is -0.489 e. The molecule has 3 rings (SSSR count). The predicted molar refractivity (Wildman–Crippen MR) is 113 cm³/mol. The van der Waals surface area contributed by atoms with Gasteiger partial charge in [0.15, 0.2) is 0 Å². The molecule has 7 heteroatoms. The Hall–Kier alpha value is -3.48. The van der Waals surface area contributed by atoms with Crippen LogP contribution in [-0.4, -0.2) is 32.3 Å². The lowest BCUT2D eigenvalue weighted by molar-refractivity contribution is -0.115. The summed E-state index contributed by atoms with van der Waals surface area (Å²) in [5.41, 5.74) is 4.92. The molecule has 0 radical (unpaired) electrons. The zero-order valence-corrected chi connectivity index (χ0v) is 17.2. The van der Waals surface area contributed by atoms with Gasteiger partial charge in [-0.1, -0.05) is 18.7 Å². The number of ether oxygens (including phenoxy) is 1. The molecule has 0 aliphatic carbocycles. The summed E-state index contributed by atoms with van der Waals surface area (Å²) in [6, 6.07) is 9.19. The van der Waals surface area contributed by atoms with E-state index in [1.54, 1.807) is 16.8 Å². The molecule has 150 valence electrons. The predicted octanol–water partition coefficient (Wildman–Crippen LogP) is 3.64. The first-order valence-corrected chi connectivity index (χ1v) is 9.38. The monoisotopic (exact) mass is 391 g/mol. The van der Waals surface area contributed by atoms with Crippen LogP contribution in [0, 0.1) is 27.7 Å². The Labute approximate surface area is 170 Å². The molecule has 0 spiro atoms. The number of anilines is 1. The lowest BCUT2D eigenvalue weighted by Gasteiger charge is -2.09. The fraction of sp³-hybridized carbons (Fsp3) is 0.273. The minimum absolute atomic E-state index is 0.127. The Kier molecular flexibility index (Phi) is 6.07. The molecule has 2 aromatic heterocycles. The first kappa shape index (κ1) is 20.3. The summed E-state index contributed by atoms with van der Waals surface area (Å²) in [5.74, 6) is 1.06. The zero-order chi connectivity index (χ0) is 21.0. The molecule has 0 saturated carbocycles. The molecule has 0 bridgehead atoms. The molecule has 0 aliphatic heterocycles. The highest BCUT2D eigenvalue weighted by Crippen LogP contribution is 2.20. The summed E-state index contributed by atoms with van der Waals surface area (Å²) < 4.78 is 7.21. The maximum absolute atomic E-state index is 12.6. The number of carbonyl (C=O) groups excluding carboxylic acids is 1. The van der Waals surface area contributed by atoms with E-state index >= 15 is 0 Å². The van der Waals surface area contributed by atoms with Crippen molar-refractivity contribution >= 4 is 11.6 Å². The van der Waals surface area contributed by atoms with Crippen LogP contribution in [0.15, 0.2) is 43.0 Å². The summed E-state index contributed by atoms with van der Waals surface area (Å²) in [7, 11) is 0. The molecule has 1 aromatic carbocycles. The second-order valence-corrected chi connectivity index (χ2v) is 6.86. The Morgan fingerprint density at radius 3 is 2.59 bits per heavy atom. The van der Waals surface area contributed by atoms with Crippen LogP contribution in [0.1, 0.15) is 28.3 Å². The van der Waals surface area contributed by atoms with Gasteiger partial charge in [0.25, 0.3) is 5.95 Å². The topological polar surface area (TPSA) is 81.9 Å². The lowest BCUT2D eigenvalue weighted by atomic mass is 10.1. The molecular weight excluding hydrogens is 366 g/mol. The smallest absolute Gasteiger partial charge is 0.251 e. The number of nitrogens with zero attached hydrogens (tertiary/aromatic N) is 4. The van der Waals surface area contributed by atoms with Crippen LogP contribution in [0.2, 0.25) is 0 Å². The Bertz CT molecular complexity index is 1040. The Morgan fingerprint density at radius 1 is 1.17 bits per heavy atom. The molecule has 0 fully saturated rings. The van der Waals surface area contributed by atoms with Crippen molar-refractivity contribution in [2.75, 3.05) is 11.9 Å². The normalized spacial score (nSPS) is 10.6. The quantitative estimate of drug-likeness (QED) is 0.622. The lowest BCUT2D eigenvalue weighted by Crippen LogP contribution is -2.15. The molecule has 7 nitrogen and oxygen atoms in total. The molecule has 0 saturated heterocycles. The number of benzene rings is 1. The maximum atomic E-state index is 12.6. The van der Waals surface area contributed by atoms with E-state index in [0.717, 1.165) is 28.3 Å². The first-order chi connectivity index (χ1) is 13.9. The second kappa shape index (κ2) is 8.68. The van der Waals surface area contributed by atoms with Crippen molar-refractivity contribution in [1.82, 2.24) is 19.7 Å².